The van der Waals surface area contributed by atoms with E-state index in [1.54, 1.807) is 0 Å². The first-order valence-corrected chi connectivity index (χ1v) is 14.1. The minimum absolute atomic E-state index is 0.134. The molecular weight excluding hydrogens is 539 g/mol. The van der Waals surface area contributed by atoms with E-state index in [9.17, 15) is 34.4 Å². The predicted octanol–water partition coefficient (Wildman–Crippen LogP) is 5.42. The second-order valence-electron chi connectivity index (χ2n) is 8.70. The molecule has 1 aliphatic carbocycles. The van der Waals surface area contributed by atoms with Crippen LogP contribution in [0.25, 0.3) is 0 Å². The lowest BCUT2D eigenvalue weighted by Crippen LogP contribution is -2.54. The van der Waals surface area contributed by atoms with Gasteiger partial charge in [0.25, 0.3) is 0 Å². The van der Waals surface area contributed by atoms with Crippen LogP contribution in [0.3, 0.4) is 0 Å². The number of halogens is 6. The number of hydrogen-bond acceptors (Lipinski definition) is 5. The molecule has 0 unspecified atom stereocenters. The molecule has 1 heterocycles. The molecule has 2 aliphatic rings. The molecule has 4 rings (SSSR count). The van der Waals surface area contributed by atoms with E-state index in [0.29, 0.717) is 0 Å². The van der Waals surface area contributed by atoms with Crippen molar-refractivity contribution in [1.82, 2.24) is 0 Å². The third kappa shape index (κ3) is 4.21. The second kappa shape index (κ2) is 8.88. The van der Waals surface area contributed by atoms with E-state index in [4.69, 9.17) is 16.3 Å². The van der Waals surface area contributed by atoms with Crippen molar-refractivity contribution in [2.75, 3.05) is 12.4 Å². The van der Waals surface area contributed by atoms with Gasteiger partial charge in [0.05, 0.1) is 22.8 Å². The summed E-state index contributed by atoms with van der Waals surface area (Å²) < 4.78 is 124. The van der Waals surface area contributed by atoms with E-state index in [1.165, 1.54) is 24.3 Å². The molecule has 2 aromatic carbocycles. The standard InChI is InChI=1S/C22H20ClF5O5S2/c23-14-3-5-15(6-4-14)35(31,32)21-10-1-2-13(9-11-34(29,30)22(26,27)28)16(21)12-33-20-18(25)8-7-17(24)19(20)21/h3-8,13,16H,1-2,9-12H2/t13-,16-,21-/m1/s1. The zero-order chi connectivity index (χ0) is 25.8. The molecule has 13 heteroatoms. The molecule has 0 saturated heterocycles. The first-order chi connectivity index (χ1) is 16.2. The number of ether oxygens (including phenoxy) is 1. The van der Waals surface area contributed by atoms with Crippen LogP contribution in [0.4, 0.5) is 22.0 Å². The van der Waals surface area contributed by atoms with Crippen molar-refractivity contribution in [3.8, 4) is 5.75 Å². The van der Waals surface area contributed by atoms with Crippen molar-refractivity contribution in [2.45, 2.75) is 40.8 Å². The summed E-state index contributed by atoms with van der Waals surface area (Å²) in [6.45, 7) is -0.434. The third-order valence-electron chi connectivity index (χ3n) is 6.89. The Balaban J connectivity index is 1.88. The number of benzene rings is 2. The molecule has 0 bridgehead atoms. The van der Waals surface area contributed by atoms with E-state index >= 15 is 4.39 Å². The minimum Gasteiger partial charge on any atom is -0.490 e. The quantitative estimate of drug-likeness (QED) is 0.458. The van der Waals surface area contributed by atoms with Gasteiger partial charge in [0.1, 0.15) is 10.6 Å². The van der Waals surface area contributed by atoms with Gasteiger partial charge in [0.15, 0.2) is 21.4 Å². The zero-order valence-corrected chi connectivity index (χ0v) is 20.4. The zero-order valence-electron chi connectivity index (χ0n) is 18.0. The lowest BCUT2D eigenvalue weighted by atomic mass is 9.66. The van der Waals surface area contributed by atoms with Crippen molar-refractivity contribution in [2.24, 2.45) is 11.8 Å². The summed E-state index contributed by atoms with van der Waals surface area (Å²) in [5.41, 5.74) is -5.98. The molecule has 1 fully saturated rings. The molecular formula is C22H20ClF5O5S2. The van der Waals surface area contributed by atoms with Crippen LogP contribution in [0.2, 0.25) is 5.02 Å². The Kier molecular flexibility index (Phi) is 6.63. The number of fused-ring (bicyclic) bond motifs is 3. The molecule has 0 radical (unpaired) electrons. The summed E-state index contributed by atoms with van der Waals surface area (Å²) in [6, 6.07) is 6.64. The average molecular weight is 559 g/mol. The van der Waals surface area contributed by atoms with Crippen LogP contribution in [0, 0.1) is 23.5 Å². The van der Waals surface area contributed by atoms with Gasteiger partial charge in [-0.05, 0) is 61.6 Å². The van der Waals surface area contributed by atoms with Crippen LogP contribution in [-0.4, -0.2) is 34.7 Å². The normalized spacial score (nSPS) is 24.9. The molecule has 0 spiro atoms. The fourth-order valence-electron chi connectivity index (χ4n) is 5.28. The molecule has 1 aliphatic heterocycles. The maximum Gasteiger partial charge on any atom is 0.497 e. The van der Waals surface area contributed by atoms with Gasteiger partial charge in [-0.3, -0.25) is 0 Å². The van der Waals surface area contributed by atoms with Gasteiger partial charge in [0, 0.05) is 10.9 Å². The third-order valence-corrected chi connectivity index (χ3v) is 11.2. The smallest absolute Gasteiger partial charge is 0.490 e. The van der Waals surface area contributed by atoms with Crippen molar-refractivity contribution in [3.05, 3.63) is 58.6 Å². The van der Waals surface area contributed by atoms with Gasteiger partial charge >= 0.3 is 5.51 Å². The minimum atomic E-state index is -5.46. The summed E-state index contributed by atoms with van der Waals surface area (Å²) in [5.74, 6) is -5.84. The molecule has 5 nitrogen and oxygen atoms in total. The lowest BCUT2D eigenvalue weighted by molar-refractivity contribution is -0.0438. The Morgan fingerprint density at radius 1 is 1.00 bits per heavy atom. The molecule has 35 heavy (non-hydrogen) atoms. The second-order valence-corrected chi connectivity index (χ2v) is 13.4. The van der Waals surface area contributed by atoms with Gasteiger partial charge in [-0.2, -0.15) is 13.2 Å². The van der Waals surface area contributed by atoms with Gasteiger partial charge in [-0.15, -0.1) is 0 Å². The highest BCUT2D eigenvalue weighted by molar-refractivity contribution is 7.92. The van der Waals surface area contributed by atoms with Gasteiger partial charge < -0.3 is 4.74 Å². The Bertz CT molecular complexity index is 1340. The molecule has 2 aromatic rings. The molecule has 1 saturated carbocycles. The molecule has 3 atom stereocenters. The van der Waals surface area contributed by atoms with Gasteiger partial charge in [-0.1, -0.05) is 18.0 Å². The average Bonchev–Trinajstić information content (AvgIpc) is 2.79. The van der Waals surface area contributed by atoms with Gasteiger partial charge in [-0.25, -0.2) is 25.6 Å². The SMILES string of the molecule is O=S(=O)(CC[C@H]1CCC[C@]2(S(=O)(=O)c3ccc(Cl)cc3)c3c(F)ccc(F)c3OC[C@H]12)C(F)(F)F. The topological polar surface area (TPSA) is 77.5 Å². The Morgan fingerprint density at radius 2 is 1.63 bits per heavy atom. The molecule has 192 valence electrons. The van der Waals surface area contributed by atoms with Crippen molar-refractivity contribution < 1.29 is 43.5 Å². The Morgan fingerprint density at radius 3 is 2.26 bits per heavy atom. The van der Waals surface area contributed by atoms with Crippen LogP contribution in [0.5, 0.6) is 5.75 Å². The first kappa shape index (κ1) is 26.2. The number of sulfone groups is 2. The van der Waals surface area contributed by atoms with E-state index in [2.05, 4.69) is 0 Å². The molecule has 0 aromatic heterocycles. The largest absolute Gasteiger partial charge is 0.497 e. The number of hydrogen-bond donors (Lipinski definition) is 0. The van der Waals surface area contributed by atoms with Crippen molar-refractivity contribution >= 4 is 31.3 Å². The maximum atomic E-state index is 15.3. The lowest BCUT2D eigenvalue weighted by Gasteiger charge is -2.50. The monoisotopic (exact) mass is 558 g/mol. The van der Waals surface area contributed by atoms with E-state index in [1.807, 2.05) is 0 Å². The summed E-state index contributed by atoms with van der Waals surface area (Å²) in [5, 5.41) is 0.237. The summed E-state index contributed by atoms with van der Waals surface area (Å²) in [7, 11) is -9.95. The highest BCUT2D eigenvalue weighted by Crippen LogP contribution is 2.58. The van der Waals surface area contributed by atoms with Crippen LogP contribution in [-0.2, 0) is 24.4 Å². The summed E-state index contributed by atoms with van der Waals surface area (Å²) in [4.78, 5) is -0.230. The first-order valence-electron chi connectivity index (χ1n) is 10.6. The summed E-state index contributed by atoms with van der Waals surface area (Å²) in [6.07, 6.45) is -0.330. The maximum absolute atomic E-state index is 15.3. The Labute approximate surface area is 204 Å². The summed E-state index contributed by atoms with van der Waals surface area (Å²) >= 11 is 5.88. The van der Waals surface area contributed by atoms with E-state index in [0.717, 1.165) is 12.1 Å². The molecule has 0 N–H and O–H groups in total. The fourth-order valence-corrected chi connectivity index (χ4v) is 8.69. The van der Waals surface area contributed by atoms with Crippen LogP contribution in [0.15, 0.2) is 41.3 Å². The van der Waals surface area contributed by atoms with E-state index < -0.39 is 83.5 Å². The number of rotatable bonds is 5. The highest BCUT2D eigenvalue weighted by atomic mass is 35.5. The van der Waals surface area contributed by atoms with Crippen molar-refractivity contribution in [3.63, 3.8) is 0 Å². The van der Waals surface area contributed by atoms with Crippen LogP contribution < -0.4 is 4.74 Å². The van der Waals surface area contributed by atoms with E-state index in [-0.39, 0.29) is 29.2 Å². The number of alkyl halides is 3. The van der Waals surface area contributed by atoms with Gasteiger partial charge in [0.2, 0.25) is 9.84 Å². The fraction of sp³-hybridized carbons (Fsp3) is 0.455. The van der Waals surface area contributed by atoms with Crippen LogP contribution >= 0.6 is 11.6 Å². The Hall–Kier alpha value is -1.92. The van der Waals surface area contributed by atoms with Crippen LogP contribution in [0.1, 0.15) is 31.2 Å². The predicted molar refractivity (Wildman–Crippen MR) is 117 cm³/mol. The van der Waals surface area contributed by atoms with Crippen molar-refractivity contribution in [1.29, 1.82) is 0 Å². The highest BCUT2D eigenvalue weighted by Gasteiger charge is 2.61. The molecule has 0 amide bonds.